The van der Waals surface area contributed by atoms with Crippen molar-refractivity contribution in [2.24, 2.45) is 33.7 Å². The number of H-pyrrole nitrogens is 1. The molecular weight excluding hydrogens is 530 g/mol. The van der Waals surface area contributed by atoms with Gasteiger partial charge in [-0.25, -0.2) is 9.78 Å². The molecule has 0 aromatic carbocycles. The molecule has 0 fully saturated rings. The molecule has 18 nitrogen and oxygen atoms in total. The van der Waals surface area contributed by atoms with Crippen molar-refractivity contribution in [3.8, 4) is 0 Å². The van der Waals surface area contributed by atoms with E-state index in [1.807, 2.05) is 0 Å². The summed E-state index contributed by atoms with van der Waals surface area (Å²) >= 11 is 0. The van der Waals surface area contributed by atoms with Crippen LogP contribution in [0, 0.1) is 0 Å². The monoisotopic (exact) mass is 567 g/mol. The number of nitrogens with zero attached hydrogens (tertiary/aromatic N) is 2. The summed E-state index contributed by atoms with van der Waals surface area (Å²) in [5, 5.41) is 16.6. The number of carboxylic acids is 1. The van der Waals surface area contributed by atoms with E-state index in [9.17, 15) is 33.9 Å². The Morgan fingerprint density at radius 2 is 1.40 bits per heavy atom. The minimum atomic E-state index is -1.49. The average molecular weight is 568 g/mol. The van der Waals surface area contributed by atoms with Gasteiger partial charge in [0.25, 0.3) is 0 Å². The topological polar surface area (TPSA) is 330 Å². The van der Waals surface area contributed by atoms with E-state index < -0.39 is 59.7 Å². The van der Waals surface area contributed by atoms with E-state index in [1.165, 1.54) is 12.5 Å². The number of aromatic nitrogens is 2. The second-order valence-electron chi connectivity index (χ2n) is 8.87. The van der Waals surface area contributed by atoms with E-state index in [0.29, 0.717) is 12.1 Å². The van der Waals surface area contributed by atoms with Crippen LogP contribution in [0.3, 0.4) is 0 Å². The Morgan fingerprint density at radius 3 is 1.93 bits per heavy atom. The van der Waals surface area contributed by atoms with Crippen LogP contribution in [0.2, 0.25) is 0 Å². The summed E-state index contributed by atoms with van der Waals surface area (Å²) in [5.74, 6) is -5.53. The Morgan fingerprint density at radius 1 is 0.850 bits per heavy atom. The zero-order valence-electron chi connectivity index (χ0n) is 21.8. The number of aliphatic carboxylic acids is 1. The average Bonchev–Trinajstić information content (AvgIpc) is 3.38. The molecule has 0 aliphatic rings. The van der Waals surface area contributed by atoms with E-state index in [2.05, 4.69) is 30.9 Å². The van der Waals surface area contributed by atoms with Crippen LogP contribution >= 0.6 is 0 Å². The number of imidazole rings is 1. The molecular formula is C22H37N11O7. The second-order valence-corrected chi connectivity index (χ2v) is 8.87. The van der Waals surface area contributed by atoms with Gasteiger partial charge in [-0.3, -0.25) is 29.0 Å². The molecule has 0 bridgehead atoms. The summed E-state index contributed by atoms with van der Waals surface area (Å²) in [4.78, 5) is 83.3. The van der Waals surface area contributed by atoms with E-state index in [4.69, 9.17) is 28.7 Å². The summed E-state index contributed by atoms with van der Waals surface area (Å²) in [6.45, 7) is 0.245. The molecule has 0 aliphatic carbocycles. The molecule has 0 spiro atoms. The predicted octanol–water partition coefficient (Wildman–Crippen LogP) is -4.60. The summed E-state index contributed by atoms with van der Waals surface area (Å²) in [6.07, 6.45) is 2.09. The van der Waals surface area contributed by atoms with Gasteiger partial charge in [-0.2, -0.15) is 0 Å². The molecule has 1 aromatic heterocycles. The van der Waals surface area contributed by atoms with Gasteiger partial charge in [0, 0.05) is 37.7 Å². The van der Waals surface area contributed by atoms with Crippen LogP contribution in [0.4, 0.5) is 0 Å². The number of carbonyl (C=O) groups excluding carboxylic acids is 5. The van der Waals surface area contributed by atoms with Crippen molar-refractivity contribution in [1.82, 2.24) is 25.9 Å². The number of carbonyl (C=O) groups is 6. The summed E-state index contributed by atoms with van der Waals surface area (Å²) in [6, 6.07) is -5.16. The number of nitrogens with two attached hydrogens (primary N) is 5. The largest absolute Gasteiger partial charge is 0.480 e. The molecule has 40 heavy (non-hydrogen) atoms. The number of aromatic amines is 1. The first-order valence-electron chi connectivity index (χ1n) is 12.3. The van der Waals surface area contributed by atoms with Crippen molar-refractivity contribution in [2.75, 3.05) is 6.54 Å². The van der Waals surface area contributed by atoms with E-state index in [1.54, 1.807) is 0 Å². The number of primary amides is 2. The van der Waals surface area contributed by atoms with Gasteiger partial charge >= 0.3 is 5.97 Å². The first kappa shape index (κ1) is 33.3. The molecule has 1 rings (SSSR count). The van der Waals surface area contributed by atoms with Crippen molar-refractivity contribution >= 4 is 41.5 Å². The van der Waals surface area contributed by atoms with Crippen molar-refractivity contribution < 1.29 is 33.9 Å². The molecule has 1 heterocycles. The molecule has 0 saturated heterocycles. The Bertz CT molecular complexity index is 1060. The molecule has 18 heteroatoms. The fourth-order valence-electron chi connectivity index (χ4n) is 3.40. The maximum absolute atomic E-state index is 13.2. The van der Waals surface area contributed by atoms with Crippen LogP contribution in [0.5, 0.6) is 0 Å². The summed E-state index contributed by atoms with van der Waals surface area (Å²) in [7, 11) is 0. The molecule has 5 amide bonds. The fraction of sp³-hybridized carbons (Fsp3) is 0.545. The molecule has 4 unspecified atom stereocenters. The number of amides is 5. The molecule has 0 radical (unpaired) electrons. The SMILES string of the molecule is NC(=O)CCC(NC(=O)C(CCC(N)=O)NC(=O)C(Cc1cnc[nH]1)NC(=O)C(N)CCCN=C(N)N)C(=O)O. The maximum atomic E-state index is 13.2. The highest BCUT2D eigenvalue weighted by Gasteiger charge is 2.31. The van der Waals surface area contributed by atoms with Crippen molar-refractivity contribution in [2.45, 2.75) is 69.1 Å². The van der Waals surface area contributed by atoms with Crippen LogP contribution in [-0.2, 0) is 35.2 Å². The van der Waals surface area contributed by atoms with Gasteiger partial charge in [0.15, 0.2) is 5.96 Å². The molecule has 4 atom stereocenters. The van der Waals surface area contributed by atoms with Gasteiger partial charge in [0.2, 0.25) is 29.5 Å². The number of aliphatic imine (C=N–C) groups is 1. The van der Waals surface area contributed by atoms with Crippen LogP contribution in [0.1, 0.15) is 44.2 Å². The lowest BCUT2D eigenvalue weighted by molar-refractivity contribution is -0.142. The first-order chi connectivity index (χ1) is 18.8. The number of hydrogen-bond acceptors (Lipinski definition) is 9. The van der Waals surface area contributed by atoms with E-state index >= 15 is 0 Å². The fourth-order valence-corrected chi connectivity index (χ4v) is 3.40. The third kappa shape index (κ3) is 13.2. The van der Waals surface area contributed by atoms with Gasteiger partial charge in [-0.15, -0.1) is 0 Å². The van der Waals surface area contributed by atoms with Crippen LogP contribution in [-0.4, -0.2) is 87.3 Å². The molecule has 1 aromatic rings. The smallest absolute Gasteiger partial charge is 0.326 e. The van der Waals surface area contributed by atoms with Gasteiger partial charge in [0.1, 0.15) is 18.1 Å². The Balaban J connectivity index is 3.03. The lowest BCUT2D eigenvalue weighted by Crippen LogP contribution is -2.57. The maximum Gasteiger partial charge on any atom is 0.326 e. The highest BCUT2D eigenvalue weighted by molar-refractivity contribution is 5.94. The number of nitrogens with one attached hydrogen (secondary N) is 4. The Kier molecular flexibility index (Phi) is 14.1. The Hall–Kier alpha value is -4.74. The predicted molar refractivity (Wildman–Crippen MR) is 140 cm³/mol. The standard InChI is InChI=1S/C22H37N11O7/c23-12(2-1-7-29-22(26)27)18(36)33-15(8-11-9-28-10-30-11)20(38)31-13(3-5-16(24)34)19(37)32-14(21(39)40)4-6-17(25)35/h9-10,12-15H,1-8,23H2,(H2,24,34)(H2,25,35)(H,28,30)(H,31,38)(H,32,37)(H,33,36)(H,39,40)(H4,26,27,29). The molecule has 0 saturated carbocycles. The summed E-state index contributed by atoms with van der Waals surface area (Å²) < 4.78 is 0. The zero-order valence-corrected chi connectivity index (χ0v) is 21.8. The third-order valence-corrected chi connectivity index (χ3v) is 5.52. The number of rotatable bonds is 19. The lowest BCUT2D eigenvalue weighted by Gasteiger charge is -2.25. The second kappa shape index (κ2) is 17.0. The summed E-state index contributed by atoms with van der Waals surface area (Å²) in [5.41, 5.74) is 27.2. The third-order valence-electron chi connectivity index (χ3n) is 5.52. The van der Waals surface area contributed by atoms with Gasteiger partial charge < -0.3 is 54.7 Å². The quantitative estimate of drug-likeness (QED) is 0.0430. The van der Waals surface area contributed by atoms with Crippen molar-refractivity contribution in [1.29, 1.82) is 0 Å². The van der Waals surface area contributed by atoms with Crippen LogP contribution in [0.15, 0.2) is 17.5 Å². The lowest BCUT2D eigenvalue weighted by atomic mass is 10.1. The van der Waals surface area contributed by atoms with Crippen LogP contribution in [0.25, 0.3) is 0 Å². The van der Waals surface area contributed by atoms with Gasteiger partial charge in [0.05, 0.1) is 12.4 Å². The number of hydrogen-bond donors (Lipinski definition) is 10. The van der Waals surface area contributed by atoms with Gasteiger partial charge in [-0.1, -0.05) is 0 Å². The highest BCUT2D eigenvalue weighted by atomic mass is 16.4. The molecule has 222 valence electrons. The minimum Gasteiger partial charge on any atom is -0.480 e. The Labute approximate surface area is 229 Å². The first-order valence-corrected chi connectivity index (χ1v) is 12.3. The number of guanidine groups is 1. The minimum absolute atomic E-state index is 0.0706. The highest BCUT2D eigenvalue weighted by Crippen LogP contribution is 2.06. The zero-order chi connectivity index (χ0) is 30.2. The molecule has 15 N–H and O–H groups in total. The van der Waals surface area contributed by atoms with E-state index in [-0.39, 0.29) is 51.0 Å². The molecule has 0 aliphatic heterocycles. The van der Waals surface area contributed by atoms with E-state index in [0.717, 1.165) is 0 Å². The van der Waals surface area contributed by atoms with Gasteiger partial charge in [-0.05, 0) is 25.7 Å². The van der Waals surface area contributed by atoms with Crippen LogP contribution < -0.4 is 44.6 Å². The normalized spacial score (nSPS) is 13.6. The van der Waals surface area contributed by atoms with Crippen molar-refractivity contribution in [3.05, 3.63) is 18.2 Å². The number of carboxylic acid groups (broad SMARTS) is 1. The van der Waals surface area contributed by atoms with Crippen molar-refractivity contribution in [3.63, 3.8) is 0 Å².